The molecule has 0 aliphatic carbocycles. The molecule has 1 fully saturated rings. The molecule has 0 saturated carbocycles. The predicted molar refractivity (Wildman–Crippen MR) is 137 cm³/mol. The van der Waals surface area contributed by atoms with Gasteiger partial charge < -0.3 is 10.1 Å². The maximum atomic E-state index is 13.3. The van der Waals surface area contributed by atoms with E-state index in [1.54, 1.807) is 39.0 Å². The Morgan fingerprint density at radius 3 is 2.43 bits per heavy atom. The maximum Gasteiger partial charge on any atom is 0.418 e. The number of urea groups is 1. The highest BCUT2D eigenvalue weighted by Crippen LogP contribution is 2.30. The van der Waals surface area contributed by atoms with Gasteiger partial charge in [-0.1, -0.05) is 29.3 Å². The molecule has 196 valence electrons. The van der Waals surface area contributed by atoms with Gasteiger partial charge in [-0.2, -0.15) is 0 Å². The molecule has 0 radical (unpaired) electrons. The lowest BCUT2D eigenvalue weighted by Gasteiger charge is -2.23. The van der Waals surface area contributed by atoms with Crippen LogP contribution >= 0.6 is 11.6 Å². The number of amides is 4. The summed E-state index contributed by atoms with van der Waals surface area (Å²) in [6.45, 7) is 6.61. The SMILES string of the molecule is Cc1ccc(S(=O)(=O)n2cc(Cl)c3ccc(N(C)C(=O)C4CN(C(=O)OC(C)(C)C)C(=O)N4)nc32)cc1. The van der Waals surface area contributed by atoms with Crippen LogP contribution in [0.3, 0.4) is 0 Å². The number of halogens is 1. The summed E-state index contributed by atoms with van der Waals surface area (Å²) >= 11 is 6.30. The van der Waals surface area contributed by atoms with E-state index in [4.69, 9.17) is 16.3 Å². The molecule has 2 aromatic heterocycles. The molecule has 37 heavy (non-hydrogen) atoms. The van der Waals surface area contributed by atoms with Crippen LogP contribution in [0.25, 0.3) is 11.0 Å². The van der Waals surface area contributed by atoms with Crippen LogP contribution in [0.1, 0.15) is 26.3 Å². The Labute approximate surface area is 219 Å². The number of nitrogens with zero attached hydrogens (tertiary/aromatic N) is 4. The number of ether oxygens (including phenoxy) is 1. The Kier molecular flexibility index (Phi) is 6.67. The van der Waals surface area contributed by atoms with Crippen molar-refractivity contribution in [2.45, 2.75) is 44.2 Å². The van der Waals surface area contributed by atoms with Gasteiger partial charge in [0.1, 0.15) is 17.5 Å². The first kappa shape index (κ1) is 26.4. The first-order chi connectivity index (χ1) is 17.2. The number of aromatic nitrogens is 2. The average Bonchev–Trinajstić information content (AvgIpc) is 3.37. The molecule has 0 bridgehead atoms. The molecule has 3 aromatic rings. The Bertz CT molecular complexity index is 1510. The summed E-state index contributed by atoms with van der Waals surface area (Å²) in [4.78, 5) is 44.2. The second kappa shape index (κ2) is 9.34. The molecule has 1 aromatic carbocycles. The molecule has 1 aliphatic heterocycles. The highest BCUT2D eigenvalue weighted by molar-refractivity contribution is 7.90. The van der Waals surface area contributed by atoms with Crippen LogP contribution in [0.15, 0.2) is 47.5 Å². The maximum absolute atomic E-state index is 13.3. The van der Waals surface area contributed by atoms with Crippen molar-refractivity contribution in [3.8, 4) is 0 Å². The van der Waals surface area contributed by atoms with Crippen molar-refractivity contribution < 1.29 is 27.5 Å². The standard InChI is InChI=1S/C24H26ClN5O6S/c1-14-6-8-15(9-7-14)37(34,35)30-12-17(25)16-10-11-19(27-20(16)30)28(5)21(31)18-13-29(22(32)26-18)23(33)36-24(2,3)4/h6-12,18H,13H2,1-5H3,(H,26,32). The highest BCUT2D eigenvalue weighted by Gasteiger charge is 2.40. The van der Waals surface area contributed by atoms with Gasteiger partial charge in [0.2, 0.25) is 0 Å². The van der Waals surface area contributed by atoms with Gasteiger partial charge in [-0.25, -0.2) is 31.9 Å². The number of carbonyl (C=O) groups excluding carboxylic acids is 3. The van der Waals surface area contributed by atoms with Crippen LogP contribution in [-0.4, -0.2) is 65.5 Å². The van der Waals surface area contributed by atoms with E-state index in [0.29, 0.717) is 5.39 Å². The zero-order chi connectivity index (χ0) is 27.3. The molecule has 4 amide bonds. The van der Waals surface area contributed by atoms with Gasteiger partial charge in [0.05, 0.1) is 16.5 Å². The number of hydrogen-bond acceptors (Lipinski definition) is 7. The van der Waals surface area contributed by atoms with Crippen LogP contribution in [0, 0.1) is 6.92 Å². The Hall–Kier alpha value is -3.64. The fraction of sp³-hybridized carbons (Fsp3) is 0.333. The lowest BCUT2D eigenvalue weighted by atomic mass is 10.2. The summed E-state index contributed by atoms with van der Waals surface area (Å²) < 4.78 is 32.8. The topological polar surface area (TPSA) is 131 Å². The second-order valence-corrected chi connectivity index (χ2v) is 11.8. The van der Waals surface area contributed by atoms with Gasteiger partial charge in [0.25, 0.3) is 15.9 Å². The van der Waals surface area contributed by atoms with E-state index in [1.165, 1.54) is 36.3 Å². The molecule has 1 aliphatic rings. The third-order valence-corrected chi connectivity index (χ3v) is 7.59. The minimum Gasteiger partial charge on any atom is -0.443 e. The van der Waals surface area contributed by atoms with Crippen LogP contribution in [0.5, 0.6) is 0 Å². The fourth-order valence-electron chi connectivity index (χ4n) is 3.72. The van der Waals surface area contributed by atoms with E-state index in [2.05, 4.69) is 10.3 Å². The smallest absolute Gasteiger partial charge is 0.418 e. The predicted octanol–water partition coefficient (Wildman–Crippen LogP) is 3.53. The largest absolute Gasteiger partial charge is 0.443 e. The molecule has 4 rings (SSSR count). The monoisotopic (exact) mass is 547 g/mol. The lowest BCUT2D eigenvalue weighted by molar-refractivity contribution is -0.119. The quantitative estimate of drug-likeness (QED) is 0.528. The van der Waals surface area contributed by atoms with Crippen molar-refractivity contribution in [1.82, 2.24) is 19.2 Å². The molecule has 13 heteroatoms. The third kappa shape index (κ3) is 5.12. The van der Waals surface area contributed by atoms with E-state index >= 15 is 0 Å². The Morgan fingerprint density at radius 2 is 1.81 bits per heavy atom. The summed E-state index contributed by atoms with van der Waals surface area (Å²) in [6.07, 6.45) is 0.395. The van der Waals surface area contributed by atoms with Crippen molar-refractivity contribution in [2.75, 3.05) is 18.5 Å². The zero-order valence-electron chi connectivity index (χ0n) is 20.9. The number of pyridine rings is 1. The van der Waals surface area contributed by atoms with E-state index < -0.39 is 39.7 Å². The first-order valence-electron chi connectivity index (χ1n) is 11.3. The molecule has 1 N–H and O–H groups in total. The number of aryl methyl sites for hydroxylation is 1. The van der Waals surface area contributed by atoms with Crippen molar-refractivity contribution >= 4 is 56.5 Å². The van der Waals surface area contributed by atoms with E-state index in [1.807, 2.05) is 6.92 Å². The Balaban J connectivity index is 1.62. The highest BCUT2D eigenvalue weighted by atomic mass is 35.5. The van der Waals surface area contributed by atoms with Crippen LogP contribution in [0.4, 0.5) is 15.4 Å². The molecule has 1 unspecified atom stereocenters. The number of benzene rings is 1. The summed E-state index contributed by atoms with van der Waals surface area (Å²) in [7, 11) is -2.60. The van der Waals surface area contributed by atoms with Gasteiger partial charge in [0, 0.05) is 18.6 Å². The summed E-state index contributed by atoms with van der Waals surface area (Å²) in [5, 5.41) is 3.03. The molecule has 0 spiro atoms. The van der Waals surface area contributed by atoms with Crippen LogP contribution in [0.2, 0.25) is 5.02 Å². The van der Waals surface area contributed by atoms with Crippen molar-refractivity contribution in [3.05, 3.63) is 53.2 Å². The minimum atomic E-state index is -4.03. The third-order valence-electron chi connectivity index (χ3n) is 5.63. The van der Waals surface area contributed by atoms with Gasteiger partial charge in [-0.05, 0) is 52.0 Å². The summed E-state index contributed by atoms with van der Waals surface area (Å²) in [5.41, 5.74) is 0.123. The van der Waals surface area contributed by atoms with Crippen molar-refractivity contribution in [1.29, 1.82) is 0 Å². The molecule has 11 nitrogen and oxygen atoms in total. The lowest BCUT2D eigenvalue weighted by Crippen LogP contribution is -2.44. The van der Waals surface area contributed by atoms with E-state index in [-0.39, 0.29) is 27.9 Å². The van der Waals surface area contributed by atoms with Crippen LogP contribution < -0.4 is 10.2 Å². The fourth-order valence-corrected chi connectivity index (χ4v) is 5.34. The number of rotatable bonds is 4. The average molecular weight is 548 g/mol. The number of hydrogen-bond donors (Lipinski definition) is 1. The van der Waals surface area contributed by atoms with Gasteiger partial charge in [-0.15, -0.1) is 0 Å². The normalized spacial score (nSPS) is 16.1. The number of carbonyl (C=O) groups is 3. The van der Waals surface area contributed by atoms with Gasteiger partial charge >= 0.3 is 12.1 Å². The number of fused-ring (bicyclic) bond motifs is 1. The summed E-state index contributed by atoms with van der Waals surface area (Å²) in [6, 6.07) is 7.61. The number of anilines is 1. The molecular weight excluding hydrogens is 522 g/mol. The van der Waals surface area contributed by atoms with Crippen LogP contribution in [-0.2, 0) is 19.6 Å². The summed E-state index contributed by atoms with van der Waals surface area (Å²) in [5.74, 6) is -0.436. The first-order valence-corrected chi connectivity index (χ1v) is 13.1. The molecule has 3 heterocycles. The van der Waals surface area contributed by atoms with E-state index in [9.17, 15) is 22.8 Å². The second-order valence-electron chi connectivity index (χ2n) is 9.62. The molecule has 1 atom stereocenters. The molecule has 1 saturated heterocycles. The number of nitrogens with one attached hydrogen (secondary N) is 1. The van der Waals surface area contributed by atoms with E-state index in [0.717, 1.165) is 14.4 Å². The number of imide groups is 1. The molecular formula is C24H26ClN5O6S. The van der Waals surface area contributed by atoms with Crippen molar-refractivity contribution in [3.63, 3.8) is 0 Å². The number of likely N-dealkylation sites (N-methyl/N-ethyl adjacent to an activating group) is 1. The zero-order valence-corrected chi connectivity index (χ0v) is 22.4. The Morgan fingerprint density at radius 1 is 1.16 bits per heavy atom. The van der Waals surface area contributed by atoms with Gasteiger partial charge in [0.15, 0.2) is 5.65 Å². The van der Waals surface area contributed by atoms with Gasteiger partial charge in [-0.3, -0.25) is 9.69 Å². The van der Waals surface area contributed by atoms with Crippen molar-refractivity contribution in [2.24, 2.45) is 0 Å². The minimum absolute atomic E-state index is 0.0357.